The van der Waals surface area contributed by atoms with Gasteiger partial charge >= 0.3 is 11.9 Å². The maximum absolute atomic E-state index is 12.4. The molecule has 1 atom stereocenters. The standard InChI is InChI=1S/C18H18O5/c1-4-22-17(21)14(18(3)10-9-16(20)23-18)11-15(19)13-7-5-12(2)6-8-13/h5-11H,4H2,1-3H3/b14-11+. The molecule has 0 amide bonds. The average Bonchev–Trinajstić information content (AvgIpc) is 2.85. The summed E-state index contributed by atoms with van der Waals surface area (Å²) in [5, 5.41) is 0. The van der Waals surface area contributed by atoms with Crippen molar-refractivity contribution < 1.29 is 23.9 Å². The Labute approximate surface area is 134 Å². The number of aryl methyl sites for hydroxylation is 1. The summed E-state index contributed by atoms with van der Waals surface area (Å²) in [6, 6.07) is 6.97. The van der Waals surface area contributed by atoms with Crippen LogP contribution in [0.5, 0.6) is 0 Å². The van der Waals surface area contributed by atoms with E-state index in [-0.39, 0.29) is 18.0 Å². The third-order valence-electron chi connectivity index (χ3n) is 3.49. The molecule has 0 N–H and O–H groups in total. The molecule has 0 aromatic heterocycles. The minimum Gasteiger partial charge on any atom is -0.463 e. The van der Waals surface area contributed by atoms with Crippen LogP contribution in [0.3, 0.4) is 0 Å². The predicted molar refractivity (Wildman–Crippen MR) is 83.9 cm³/mol. The normalized spacial score (nSPS) is 20.3. The van der Waals surface area contributed by atoms with Gasteiger partial charge in [-0.1, -0.05) is 29.8 Å². The smallest absolute Gasteiger partial charge is 0.338 e. The second-order valence-electron chi connectivity index (χ2n) is 5.37. The van der Waals surface area contributed by atoms with E-state index in [2.05, 4.69) is 0 Å². The minimum absolute atomic E-state index is 0.00738. The van der Waals surface area contributed by atoms with E-state index < -0.39 is 17.5 Å². The van der Waals surface area contributed by atoms with Crippen LogP contribution in [0.15, 0.2) is 48.1 Å². The van der Waals surface area contributed by atoms with E-state index in [0.717, 1.165) is 5.56 Å². The minimum atomic E-state index is -1.30. The highest BCUT2D eigenvalue weighted by molar-refractivity contribution is 6.10. The van der Waals surface area contributed by atoms with E-state index in [1.165, 1.54) is 18.2 Å². The van der Waals surface area contributed by atoms with Crippen molar-refractivity contribution in [2.75, 3.05) is 6.61 Å². The Morgan fingerprint density at radius 2 is 1.91 bits per heavy atom. The summed E-state index contributed by atoms with van der Waals surface area (Å²) >= 11 is 0. The number of esters is 2. The molecule has 1 unspecified atom stereocenters. The van der Waals surface area contributed by atoms with Crippen LogP contribution in [0, 0.1) is 6.92 Å². The van der Waals surface area contributed by atoms with Crippen molar-refractivity contribution in [3.05, 3.63) is 59.2 Å². The van der Waals surface area contributed by atoms with Gasteiger partial charge in [0.1, 0.15) is 0 Å². The maximum Gasteiger partial charge on any atom is 0.338 e. The second kappa shape index (κ2) is 6.60. The van der Waals surface area contributed by atoms with Gasteiger partial charge in [-0.15, -0.1) is 0 Å². The van der Waals surface area contributed by atoms with E-state index in [4.69, 9.17) is 9.47 Å². The highest BCUT2D eigenvalue weighted by Gasteiger charge is 2.39. The molecule has 0 spiro atoms. The molecule has 0 saturated heterocycles. The first-order chi connectivity index (χ1) is 10.9. The third kappa shape index (κ3) is 3.74. The van der Waals surface area contributed by atoms with Gasteiger partial charge < -0.3 is 9.47 Å². The molecule has 2 rings (SSSR count). The summed E-state index contributed by atoms with van der Waals surface area (Å²) in [6.07, 6.45) is 3.84. The molecule has 0 saturated carbocycles. The van der Waals surface area contributed by atoms with Gasteiger partial charge in [-0.3, -0.25) is 4.79 Å². The van der Waals surface area contributed by atoms with Crippen molar-refractivity contribution in [1.82, 2.24) is 0 Å². The van der Waals surface area contributed by atoms with Crippen molar-refractivity contribution in [3.63, 3.8) is 0 Å². The molecule has 1 aromatic rings. The highest BCUT2D eigenvalue weighted by Crippen LogP contribution is 2.29. The predicted octanol–water partition coefficient (Wildman–Crippen LogP) is 2.54. The third-order valence-corrected chi connectivity index (χ3v) is 3.49. The number of cyclic esters (lactones) is 1. The molecular formula is C18H18O5. The first-order valence-electron chi connectivity index (χ1n) is 7.28. The van der Waals surface area contributed by atoms with Gasteiger partial charge in [0.2, 0.25) is 0 Å². The molecule has 1 heterocycles. The zero-order valence-electron chi connectivity index (χ0n) is 13.3. The molecule has 1 aromatic carbocycles. The highest BCUT2D eigenvalue weighted by atomic mass is 16.6. The Balaban J connectivity index is 2.38. The first kappa shape index (κ1) is 16.7. The lowest BCUT2D eigenvalue weighted by Gasteiger charge is -2.23. The van der Waals surface area contributed by atoms with Crippen molar-refractivity contribution in [2.24, 2.45) is 0 Å². The molecule has 1 aliphatic rings. The summed E-state index contributed by atoms with van der Waals surface area (Å²) in [6.45, 7) is 5.27. The Bertz CT molecular complexity index is 697. The Morgan fingerprint density at radius 3 is 2.43 bits per heavy atom. The molecule has 0 radical (unpaired) electrons. The lowest BCUT2D eigenvalue weighted by molar-refractivity contribution is -0.146. The van der Waals surface area contributed by atoms with Crippen molar-refractivity contribution >= 4 is 17.7 Å². The largest absolute Gasteiger partial charge is 0.463 e. The van der Waals surface area contributed by atoms with Crippen LogP contribution < -0.4 is 0 Å². The summed E-state index contributed by atoms with van der Waals surface area (Å²) in [5.74, 6) is -1.61. The van der Waals surface area contributed by atoms with Crippen LogP contribution in [0.2, 0.25) is 0 Å². The maximum atomic E-state index is 12.4. The second-order valence-corrected chi connectivity index (χ2v) is 5.37. The quantitative estimate of drug-likeness (QED) is 0.474. The zero-order chi connectivity index (χ0) is 17.0. The van der Waals surface area contributed by atoms with Gasteiger partial charge in [-0.05, 0) is 26.8 Å². The number of allylic oxidation sites excluding steroid dienone is 1. The van der Waals surface area contributed by atoms with Crippen LogP contribution in [0.25, 0.3) is 0 Å². The van der Waals surface area contributed by atoms with E-state index in [1.807, 2.05) is 19.1 Å². The van der Waals surface area contributed by atoms with Gasteiger partial charge in [0.15, 0.2) is 11.4 Å². The van der Waals surface area contributed by atoms with Gasteiger partial charge in [0, 0.05) is 17.7 Å². The van der Waals surface area contributed by atoms with Crippen LogP contribution >= 0.6 is 0 Å². The van der Waals surface area contributed by atoms with Crippen LogP contribution in [-0.4, -0.2) is 29.9 Å². The lowest BCUT2D eigenvalue weighted by Crippen LogP contribution is -2.33. The van der Waals surface area contributed by atoms with E-state index >= 15 is 0 Å². The summed E-state index contributed by atoms with van der Waals surface area (Å²) < 4.78 is 10.2. The number of carbonyl (C=O) groups excluding carboxylic acids is 3. The average molecular weight is 314 g/mol. The number of carbonyl (C=O) groups is 3. The van der Waals surface area contributed by atoms with E-state index in [9.17, 15) is 14.4 Å². The lowest BCUT2D eigenvalue weighted by atomic mass is 9.93. The first-order valence-corrected chi connectivity index (χ1v) is 7.28. The number of hydrogen-bond donors (Lipinski definition) is 0. The molecule has 23 heavy (non-hydrogen) atoms. The Morgan fingerprint density at radius 1 is 1.26 bits per heavy atom. The van der Waals surface area contributed by atoms with Gasteiger partial charge in [-0.2, -0.15) is 0 Å². The van der Waals surface area contributed by atoms with E-state index in [0.29, 0.717) is 5.56 Å². The van der Waals surface area contributed by atoms with Crippen LogP contribution in [-0.2, 0) is 19.1 Å². The van der Waals surface area contributed by atoms with Crippen molar-refractivity contribution in [1.29, 1.82) is 0 Å². The molecule has 0 aliphatic carbocycles. The molecule has 120 valence electrons. The molecule has 5 heteroatoms. The molecular weight excluding hydrogens is 296 g/mol. The number of ether oxygens (including phenoxy) is 2. The molecule has 5 nitrogen and oxygen atoms in total. The van der Waals surface area contributed by atoms with Crippen LogP contribution in [0.4, 0.5) is 0 Å². The van der Waals surface area contributed by atoms with Crippen LogP contribution in [0.1, 0.15) is 29.8 Å². The Hall–Kier alpha value is -2.69. The number of benzene rings is 1. The fourth-order valence-electron chi connectivity index (χ4n) is 2.19. The molecule has 1 aliphatic heterocycles. The number of ketones is 1. The monoisotopic (exact) mass is 314 g/mol. The van der Waals surface area contributed by atoms with Gasteiger partial charge in [0.25, 0.3) is 0 Å². The van der Waals surface area contributed by atoms with Gasteiger partial charge in [-0.25, -0.2) is 9.59 Å². The fraction of sp³-hybridized carbons (Fsp3) is 0.278. The van der Waals surface area contributed by atoms with Crippen molar-refractivity contribution in [2.45, 2.75) is 26.4 Å². The number of hydrogen-bond acceptors (Lipinski definition) is 5. The van der Waals surface area contributed by atoms with Gasteiger partial charge in [0.05, 0.1) is 12.2 Å². The summed E-state index contributed by atoms with van der Waals surface area (Å²) in [5.41, 5.74) is 0.154. The fourth-order valence-corrected chi connectivity index (χ4v) is 2.19. The SMILES string of the molecule is CCOC(=O)/C(=C\C(=O)c1ccc(C)cc1)C1(C)C=CC(=O)O1. The zero-order valence-corrected chi connectivity index (χ0v) is 13.3. The summed E-state index contributed by atoms with van der Waals surface area (Å²) in [7, 11) is 0. The summed E-state index contributed by atoms with van der Waals surface area (Å²) in [4.78, 5) is 36.0. The van der Waals surface area contributed by atoms with E-state index in [1.54, 1.807) is 26.0 Å². The topological polar surface area (TPSA) is 69.7 Å². The van der Waals surface area contributed by atoms with Crippen molar-refractivity contribution in [3.8, 4) is 0 Å². The Kier molecular flexibility index (Phi) is 4.79. The molecule has 0 bridgehead atoms. The molecule has 0 fully saturated rings. The number of rotatable bonds is 5.